The smallest absolute Gasteiger partial charge is 0.246 e. The second kappa shape index (κ2) is 11.6. The Labute approximate surface area is 204 Å². The number of aliphatic hydroxyl groups is 3. The zero-order valence-electron chi connectivity index (χ0n) is 19.4. The van der Waals surface area contributed by atoms with Crippen LogP contribution < -0.4 is 0 Å². The molecule has 1 aromatic carbocycles. The van der Waals surface area contributed by atoms with Crippen LogP contribution in [0.2, 0.25) is 5.02 Å². The average molecular weight is 498 g/mol. The number of aliphatic hydroxyl groups excluding tert-OH is 3. The third-order valence-electron chi connectivity index (χ3n) is 6.76. The molecule has 2 saturated heterocycles. The molecule has 2 heterocycles. The molecule has 188 valence electrons. The molecule has 3 rings (SSSR count). The molecule has 0 bridgehead atoms. The number of β-amino-alcohol motifs (C(OH)–C–C–N with tert-alkyl or cyclic N) is 2. The largest absolute Gasteiger partial charge is 0.396 e. The van der Waals surface area contributed by atoms with Crippen LogP contribution >= 0.6 is 11.6 Å². The van der Waals surface area contributed by atoms with Gasteiger partial charge in [-0.3, -0.25) is 14.5 Å². The number of amides is 2. The molecule has 8 nitrogen and oxygen atoms in total. The third kappa shape index (κ3) is 6.76. The average Bonchev–Trinajstić information content (AvgIpc) is 2.98. The lowest BCUT2D eigenvalue weighted by atomic mass is 9.78. The third-order valence-corrected chi connectivity index (χ3v) is 7.05. The van der Waals surface area contributed by atoms with Crippen molar-refractivity contribution in [2.24, 2.45) is 5.41 Å². The van der Waals surface area contributed by atoms with E-state index in [0.29, 0.717) is 44.7 Å². The monoisotopic (exact) mass is 497 g/mol. The van der Waals surface area contributed by atoms with Crippen LogP contribution in [0.3, 0.4) is 0 Å². The Bertz CT molecular complexity index is 917. The highest BCUT2D eigenvalue weighted by Crippen LogP contribution is 2.30. The molecule has 2 aliphatic heterocycles. The van der Waals surface area contributed by atoms with E-state index in [1.54, 1.807) is 15.9 Å². The first kappa shape index (κ1) is 26.6. The number of hydrogen-bond acceptors (Lipinski definition) is 6. The van der Waals surface area contributed by atoms with Gasteiger partial charge in [-0.05, 0) is 36.7 Å². The Morgan fingerprint density at radius 2 is 2.06 bits per heavy atom. The minimum atomic E-state index is -0.792. The fourth-order valence-corrected chi connectivity index (χ4v) is 4.45. The van der Waals surface area contributed by atoms with Gasteiger partial charge >= 0.3 is 0 Å². The molecule has 34 heavy (non-hydrogen) atoms. The van der Waals surface area contributed by atoms with E-state index in [1.165, 1.54) is 24.3 Å². The summed E-state index contributed by atoms with van der Waals surface area (Å²) in [7, 11) is 0. The lowest BCUT2D eigenvalue weighted by molar-refractivity contribution is -0.132. The van der Waals surface area contributed by atoms with Crippen LogP contribution in [0.25, 0.3) is 6.08 Å². The van der Waals surface area contributed by atoms with Crippen molar-refractivity contribution in [3.63, 3.8) is 0 Å². The SMILES string of the molecule is C[C@]1(CO)CCN(C[C@H](O)CN2CCN(C(=O)C=Cc3ccc(F)c(Cl)c3)CCC2=O)C[C@@H]1O. The maximum atomic E-state index is 13.3. The van der Waals surface area contributed by atoms with Crippen LogP contribution in [0.1, 0.15) is 25.3 Å². The number of rotatable bonds is 7. The molecule has 2 fully saturated rings. The second-order valence-electron chi connectivity index (χ2n) is 9.41. The van der Waals surface area contributed by atoms with E-state index in [9.17, 15) is 29.3 Å². The first-order valence-electron chi connectivity index (χ1n) is 11.5. The molecular weight excluding hydrogens is 465 g/mol. The van der Waals surface area contributed by atoms with Gasteiger partial charge in [-0.15, -0.1) is 0 Å². The van der Waals surface area contributed by atoms with Gasteiger partial charge < -0.3 is 25.1 Å². The van der Waals surface area contributed by atoms with Gasteiger partial charge in [0.05, 0.1) is 23.8 Å². The van der Waals surface area contributed by atoms with E-state index in [4.69, 9.17) is 11.6 Å². The van der Waals surface area contributed by atoms with Crippen molar-refractivity contribution in [2.75, 3.05) is 52.4 Å². The molecule has 0 saturated carbocycles. The minimum absolute atomic E-state index is 0.0226. The summed E-state index contributed by atoms with van der Waals surface area (Å²) in [5.74, 6) is -0.918. The molecule has 0 unspecified atom stereocenters. The Morgan fingerprint density at radius 3 is 2.74 bits per heavy atom. The highest BCUT2D eigenvalue weighted by molar-refractivity contribution is 6.30. The highest BCUT2D eigenvalue weighted by atomic mass is 35.5. The van der Waals surface area contributed by atoms with Gasteiger partial charge in [-0.25, -0.2) is 4.39 Å². The van der Waals surface area contributed by atoms with Gasteiger partial charge in [0.1, 0.15) is 5.82 Å². The van der Waals surface area contributed by atoms with Gasteiger partial charge in [0, 0.05) is 57.2 Å². The van der Waals surface area contributed by atoms with Crippen LogP contribution in [0.15, 0.2) is 24.3 Å². The minimum Gasteiger partial charge on any atom is -0.396 e. The molecule has 10 heteroatoms. The fourth-order valence-electron chi connectivity index (χ4n) is 4.27. The molecule has 3 N–H and O–H groups in total. The van der Waals surface area contributed by atoms with E-state index >= 15 is 0 Å². The summed E-state index contributed by atoms with van der Waals surface area (Å²) in [6.07, 6.45) is 2.23. The summed E-state index contributed by atoms with van der Waals surface area (Å²) in [6, 6.07) is 4.18. The quantitative estimate of drug-likeness (QED) is 0.485. The van der Waals surface area contributed by atoms with Crippen LogP contribution in [0, 0.1) is 11.2 Å². The Hall–Kier alpha value is -2.04. The number of carbonyl (C=O) groups excluding carboxylic acids is 2. The van der Waals surface area contributed by atoms with Gasteiger partial charge in [0.2, 0.25) is 11.8 Å². The zero-order valence-corrected chi connectivity index (χ0v) is 20.1. The Kier molecular flexibility index (Phi) is 9.06. The van der Waals surface area contributed by atoms with Crippen molar-refractivity contribution in [1.29, 1.82) is 0 Å². The Morgan fingerprint density at radius 1 is 1.29 bits per heavy atom. The zero-order chi connectivity index (χ0) is 24.9. The fraction of sp³-hybridized carbons (Fsp3) is 0.583. The first-order valence-corrected chi connectivity index (χ1v) is 11.9. The molecule has 3 atom stereocenters. The van der Waals surface area contributed by atoms with Crippen molar-refractivity contribution in [3.8, 4) is 0 Å². The van der Waals surface area contributed by atoms with E-state index in [1.807, 2.05) is 11.8 Å². The predicted octanol–water partition coefficient (Wildman–Crippen LogP) is 0.979. The number of piperidine rings is 1. The van der Waals surface area contributed by atoms with Gasteiger partial charge in [-0.1, -0.05) is 24.6 Å². The second-order valence-corrected chi connectivity index (χ2v) is 9.82. The number of halogens is 2. The maximum Gasteiger partial charge on any atom is 0.246 e. The van der Waals surface area contributed by atoms with Gasteiger partial charge in [-0.2, -0.15) is 0 Å². The highest BCUT2D eigenvalue weighted by Gasteiger charge is 2.38. The lowest BCUT2D eigenvalue weighted by Gasteiger charge is -2.43. The summed E-state index contributed by atoms with van der Waals surface area (Å²) >= 11 is 5.77. The molecule has 1 aromatic rings. The predicted molar refractivity (Wildman–Crippen MR) is 126 cm³/mol. The van der Waals surface area contributed by atoms with Crippen molar-refractivity contribution in [3.05, 3.63) is 40.7 Å². The van der Waals surface area contributed by atoms with Crippen LogP contribution in [0.5, 0.6) is 0 Å². The van der Waals surface area contributed by atoms with E-state index in [2.05, 4.69) is 0 Å². The standard InChI is InChI=1S/C24H33ClFN3O5/c1-24(16-30)7-9-27(15-21(24)32)13-18(31)14-29-11-10-28(8-6-23(29)34)22(33)5-3-17-2-4-20(26)19(25)12-17/h2-5,12,18,21,30-32H,6-11,13-16H2,1H3/t18-,21-,24+/m0/s1. The molecule has 0 aliphatic carbocycles. The van der Waals surface area contributed by atoms with E-state index in [-0.39, 0.29) is 43.0 Å². The number of carbonyl (C=O) groups is 2. The maximum absolute atomic E-state index is 13.3. The molecule has 2 aliphatic rings. The van der Waals surface area contributed by atoms with E-state index < -0.39 is 23.4 Å². The summed E-state index contributed by atoms with van der Waals surface area (Å²) in [6.45, 7) is 4.14. The first-order chi connectivity index (χ1) is 16.1. The normalized spacial score (nSPS) is 25.6. The topological polar surface area (TPSA) is 105 Å². The summed E-state index contributed by atoms with van der Waals surface area (Å²) in [5, 5.41) is 30.4. The van der Waals surface area contributed by atoms with Crippen molar-refractivity contribution in [1.82, 2.24) is 14.7 Å². The lowest BCUT2D eigenvalue weighted by Crippen LogP contribution is -2.53. The van der Waals surface area contributed by atoms with Gasteiger partial charge in [0.25, 0.3) is 0 Å². The van der Waals surface area contributed by atoms with Crippen molar-refractivity contribution in [2.45, 2.75) is 32.0 Å². The summed E-state index contributed by atoms with van der Waals surface area (Å²) < 4.78 is 13.3. The molecule has 0 spiro atoms. The number of benzene rings is 1. The summed E-state index contributed by atoms with van der Waals surface area (Å²) in [4.78, 5) is 30.2. The summed E-state index contributed by atoms with van der Waals surface area (Å²) in [5.41, 5.74) is 0.0628. The number of likely N-dealkylation sites (tertiary alicyclic amines) is 1. The molecule has 0 radical (unpaired) electrons. The van der Waals surface area contributed by atoms with Gasteiger partial charge in [0.15, 0.2) is 0 Å². The molecule has 2 amide bonds. The van der Waals surface area contributed by atoms with E-state index in [0.717, 1.165) is 0 Å². The van der Waals surface area contributed by atoms with Crippen LogP contribution in [-0.2, 0) is 9.59 Å². The van der Waals surface area contributed by atoms with Crippen molar-refractivity contribution >= 4 is 29.5 Å². The molecule has 0 aromatic heterocycles. The van der Waals surface area contributed by atoms with Crippen LogP contribution in [-0.4, -0.2) is 106 Å². The van der Waals surface area contributed by atoms with Crippen LogP contribution in [0.4, 0.5) is 4.39 Å². The number of hydrogen-bond donors (Lipinski definition) is 3. The Balaban J connectivity index is 1.49. The number of nitrogens with zero attached hydrogens (tertiary/aromatic N) is 3. The van der Waals surface area contributed by atoms with Crippen molar-refractivity contribution < 1.29 is 29.3 Å². The molecular formula is C24H33ClFN3O5.